The Labute approximate surface area is 142 Å². The van der Waals surface area contributed by atoms with E-state index in [9.17, 15) is 4.79 Å². The summed E-state index contributed by atoms with van der Waals surface area (Å²) in [5.74, 6) is 0.515. The summed E-state index contributed by atoms with van der Waals surface area (Å²) in [7, 11) is 0. The molecule has 4 aromatic rings. The zero-order valence-electron chi connectivity index (χ0n) is 12.6. The number of imidazole rings is 1. The SMILES string of the molecule is O=c1[nH]c(-c2ccccc2)nc2ncn(Cc3cccc(Cl)c3)c12. The number of hydrogen-bond donors (Lipinski definition) is 1. The molecule has 5 nitrogen and oxygen atoms in total. The van der Waals surface area contributed by atoms with Crippen molar-refractivity contribution in [1.29, 1.82) is 0 Å². The first-order valence-electron chi connectivity index (χ1n) is 7.46. The molecule has 0 amide bonds. The van der Waals surface area contributed by atoms with Gasteiger partial charge in [0, 0.05) is 17.1 Å². The lowest BCUT2D eigenvalue weighted by molar-refractivity contribution is 0.820. The predicted octanol–water partition coefficient (Wildman–Crippen LogP) is 3.49. The highest BCUT2D eigenvalue weighted by Crippen LogP contribution is 2.17. The van der Waals surface area contributed by atoms with Crippen LogP contribution in [0.2, 0.25) is 5.02 Å². The van der Waals surface area contributed by atoms with Crippen LogP contribution in [0.1, 0.15) is 5.56 Å². The van der Waals surface area contributed by atoms with Gasteiger partial charge in [0.05, 0.1) is 6.33 Å². The largest absolute Gasteiger partial charge is 0.320 e. The number of aromatic amines is 1. The zero-order chi connectivity index (χ0) is 16.5. The monoisotopic (exact) mass is 336 g/mol. The van der Waals surface area contributed by atoms with Gasteiger partial charge in [-0.25, -0.2) is 9.97 Å². The van der Waals surface area contributed by atoms with Crippen molar-refractivity contribution in [2.75, 3.05) is 0 Å². The first-order valence-corrected chi connectivity index (χ1v) is 7.83. The maximum Gasteiger partial charge on any atom is 0.277 e. The third-order valence-corrected chi connectivity index (χ3v) is 4.01. The lowest BCUT2D eigenvalue weighted by Crippen LogP contribution is -2.13. The highest BCUT2D eigenvalue weighted by molar-refractivity contribution is 6.30. The van der Waals surface area contributed by atoms with E-state index in [1.165, 1.54) is 0 Å². The Morgan fingerprint density at radius 2 is 1.92 bits per heavy atom. The predicted molar refractivity (Wildman–Crippen MR) is 94.1 cm³/mol. The van der Waals surface area contributed by atoms with Gasteiger partial charge in [-0.3, -0.25) is 4.79 Å². The van der Waals surface area contributed by atoms with Gasteiger partial charge < -0.3 is 9.55 Å². The topological polar surface area (TPSA) is 63.6 Å². The highest BCUT2D eigenvalue weighted by atomic mass is 35.5. The molecular weight excluding hydrogens is 324 g/mol. The van der Waals surface area contributed by atoms with Crippen LogP contribution < -0.4 is 5.56 Å². The van der Waals surface area contributed by atoms with Gasteiger partial charge in [-0.1, -0.05) is 54.1 Å². The van der Waals surface area contributed by atoms with Crippen molar-refractivity contribution in [1.82, 2.24) is 19.5 Å². The first-order chi connectivity index (χ1) is 11.7. The summed E-state index contributed by atoms with van der Waals surface area (Å²) in [6.45, 7) is 0.506. The van der Waals surface area contributed by atoms with Gasteiger partial charge in [-0.15, -0.1) is 0 Å². The van der Waals surface area contributed by atoms with Gasteiger partial charge in [0.25, 0.3) is 5.56 Å². The molecule has 2 heterocycles. The highest BCUT2D eigenvalue weighted by Gasteiger charge is 2.12. The smallest absolute Gasteiger partial charge is 0.277 e. The van der Waals surface area contributed by atoms with Gasteiger partial charge in [-0.2, -0.15) is 0 Å². The molecule has 0 aliphatic rings. The summed E-state index contributed by atoms with van der Waals surface area (Å²) in [5.41, 5.74) is 2.52. The van der Waals surface area contributed by atoms with Crippen LogP contribution >= 0.6 is 11.6 Å². The van der Waals surface area contributed by atoms with E-state index in [1.54, 1.807) is 10.9 Å². The molecule has 2 aromatic heterocycles. The number of hydrogen-bond acceptors (Lipinski definition) is 3. The van der Waals surface area contributed by atoms with E-state index in [1.807, 2.05) is 54.6 Å². The minimum atomic E-state index is -0.210. The summed E-state index contributed by atoms with van der Waals surface area (Å²) in [4.78, 5) is 24.1. The van der Waals surface area contributed by atoms with Crippen molar-refractivity contribution in [3.63, 3.8) is 0 Å². The molecule has 0 atom stereocenters. The van der Waals surface area contributed by atoms with Crippen molar-refractivity contribution in [2.24, 2.45) is 0 Å². The van der Waals surface area contributed by atoms with E-state index in [4.69, 9.17) is 11.6 Å². The van der Waals surface area contributed by atoms with Crippen molar-refractivity contribution < 1.29 is 0 Å². The minimum Gasteiger partial charge on any atom is -0.320 e. The van der Waals surface area contributed by atoms with E-state index in [0.29, 0.717) is 28.6 Å². The average Bonchev–Trinajstić information content (AvgIpc) is 2.99. The quantitative estimate of drug-likeness (QED) is 0.623. The Bertz CT molecular complexity index is 1070. The van der Waals surface area contributed by atoms with Crippen LogP contribution in [0.5, 0.6) is 0 Å². The number of nitrogens with zero attached hydrogens (tertiary/aromatic N) is 3. The number of rotatable bonds is 3. The molecule has 0 radical (unpaired) electrons. The Hall–Kier alpha value is -2.92. The fraction of sp³-hybridized carbons (Fsp3) is 0.0556. The van der Waals surface area contributed by atoms with Gasteiger partial charge >= 0.3 is 0 Å². The second-order valence-electron chi connectivity index (χ2n) is 5.46. The molecule has 2 aromatic carbocycles. The van der Waals surface area contributed by atoms with Crippen LogP contribution in [-0.2, 0) is 6.54 Å². The number of nitrogens with one attached hydrogen (secondary N) is 1. The first kappa shape index (κ1) is 14.7. The molecule has 0 aliphatic heterocycles. The standard InChI is InChI=1S/C18H13ClN4O/c19-14-8-4-5-12(9-14)10-23-11-20-17-15(23)18(24)22-16(21-17)13-6-2-1-3-7-13/h1-9,11H,10H2,(H,21,22,24). The molecule has 4 rings (SSSR count). The maximum atomic E-state index is 12.5. The third-order valence-electron chi connectivity index (χ3n) is 3.77. The Morgan fingerprint density at radius 3 is 2.71 bits per heavy atom. The van der Waals surface area contributed by atoms with E-state index in [-0.39, 0.29) is 5.56 Å². The molecule has 1 N–H and O–H groups in total. The molecule has 0 fully saturated rings. The van der Waals surface area contributed by atoms with E-state index in [0.717, 1.165) is 11.1 Å². The van der Waals surface area contributed by atoms with Gasteiger partial charge in [0.2, 0.25) is 0 Å². The number of benzene rings is 2. The molecule has 0 aliphatic carbocycles. The zero-order valence-corrected chi connectivity index (χ0v) is 13.4. The summed E-state index contributed by atoms with van der Waals surface area (Å²) in [5, 5.41) is 0.662. The summed E-state index contributed by atoms with van der Waals surface area (Å²) in [6, 6.07) is 17.0. The Balaban J connectivity index is 1.79. The van der Waals surface area contributed by atoms with E-state index < -0.39 is 0 Å². The minimum absolute atomic E-state index is 0.210. The van der Waals surface area contributed by atoms with Crippen molar-refractivity contribution in [2.45, 2.75) is 6.54 Å². The summed E-state index contributed by atoms with van der Waals surface area (Å²) in [6.07, 6.45) is 1.63. The van der Waals surface area contributed by atoms with E-state index in [2.05, 4.69) is 15.0 Å². The Morgan fingerprint density at radius 1 is 1.08 bits per heavy atom. The third kappa shape index (κ3) is 2.70. The number of halogens is 1. The molecule has 0 bridgehead atoms. The molecule has 0 saturated carbocycles. The normalized spacial score (nSPS) is 11.0. The summed E-state index contributed by atoms with van der Waals surface area (Å²) >= 11 is 6.02. The number of H-pyrrole nitrogens is 1. The van der Waals surface area contributed by atoms with Crippen molar-refractivity contribution >= 4 is 22.8 Å². The van der Waals surface area contributed by atoms with E-state index >= 15 is 0 Å². The van der Waals surface area contributed by atoms with Crippen LogP contribution in [0.15, 0.2) is 65.7 Å². The van der Waals surface area contributed by atoms with Crippen molar-refractivity contribution in [3.05, 3.63) is 81.9 Å². The van der Waals surface area contributed by atoms with Crippen LogP contribution in [0.25, 0.3) is 22.6 Å². The Kier molecular flexibility index (Phi) is 3.63. The maximum absolute atomic E-state index is 12.5. The molecule has 0 spiro atoms. The van der Waals surface area contributed by atoms with Crippen LogP contribution in [-0.4, -0.2) is 19.5 Å². The second-order valence-corrected chi connectivity index (χ2v) is 5.89. The lowest BCUT2D eigenvalue weighted by Gasteiger charge is -2.05. The fourth-order valence-electron chi connectivity index (χ4n) is 2.67. The van der Waals surface area contributed by atoms with Crippen LogP contribution in [0, 0.1) is 0 Å². The molecule has 6 heteroatoms. The fourth-order valence-corrected chi connectivity index (χ4v) is 2.88. The molecule has 24 heavy (non-hydrogen) atoms. The molecular formula is C18H13ClN4O. The van der Waals surface area contributed by atoms with Gasteiger partial charge in [-0.05, 0) is 17.7 Å². The van der Waals surface area contributed by atoms with Gasteiger partial charge in [0.1, 0.15) is 5.82 Å². The number of fused-ring (bicyclic) bond motifs is 1. The molecule has 0 saturated heterocycles. The summed E-state index contributed by atoms with van der Waals surface area (Å²) < 4.78 is 1.78. The van der Waals surface area contributed by atoms with Crippen LogP contribution in [0.4, 0.5) is 0 Å². The molecule has 0 unspecified atom stereocenters. The lowest BCUT2D eigenvalue weighted by atomic mass is 10.2. The number of aromatic nitrogens is 4. The van der Waals surface area contributed by atoms with Crippen molar-refractivity contribution in [3.8, 4) is 11.4 Å². The molecule has 118 valence electrons. The van der Waals surface area contributed by atoms with Gasteiger partial charge in [0.15, 0.2) is 11.2 Å². The van der Waals surface area contributed by atoms with Crippen LogP contribution in [0.3, 0.4) is 0 Å². The second kappa shape index (κ2) is 5.94. The average molecular weight is 337 g/mol.